The van der Waals surface area contributed by atoms with E-state index in [0.717, 1.165) is 25.3 Å². The zero-order chi connectivity index (χ0) is 16.6. The standard InChI is InChI=1S/C13H27NO.C3H8.C2H6/c1-6-12(5)9-8-10-13(15)14(7-2)11(3)4;1-3-2;1-2/h11-12H,6-10H2,1-5H3;3H2,1-2H3;1-2H3. The van der Waals surface area contributed by atoms with Crippen molar-refractivity contribution >= 4 is 5.91 Å². The van der Waals surface area contributed by atoms with Crippen LogP contribution in [0.2, 0.25) is 0 Å². The second kappa shape index (κ2) is 18.5. The average molecular weight is 288 g/mol. The number of hydrogen-bond acceptors (Lipinski definition) is 1. The van der Waals surface area contributed by atoms with E-state index in [1.165, 1.54) is 19.3 Å². The summed E-state index contributed by atoms with van der Waals surface area (Å²) in [6.07, 6.45) is 5.40. The Bertz CT molecular complexity index is 190. The summed E-state index contributed by atoms with van der Waals surface area (Å²) in [5.41, 5.74) is 0. The molecule has 0 radical (unpaired) electrons. The van der Waals surface area contributed by atoms with Gasteiger partial charge in [0, 0.05) is 19.0 Å². The number of hydrogen-bond donors (Lipinski definition) is 0. The molecule has 1 amide bonds. The van der Waals surface area contributed by atoms with Crippen LogP contribution in [0.4, 0.5) is 0 Å². The zero-order valence-electron chi connectivity index (χ0n) is 15.8. The van der Waals surface area contributed by atoms with E-state index in [2.05, 4.69) is 41.5 Å². The van der Waals surface area contributed by atoms with Gasteiger partial charge in [0.15, 0.2) is 0 Å². The maximum Gasteiger partial charge on any atom is 0.222 e. The van der Waals surface area contributed by atoms with Crippen molar-refractivity contribution in [3.63, 3.8) is 0 Å². The Morgan fingerprint density at radius 3 is 1.75 bits per heavy atom. The fourth-order valence-electron chi connectivity index (χ4n) is 1.78. The van der Waals surface area contributed by atoms with Gasteiger partial charge in [-0.05, 0) is 33.1 Å². The average Bonchev–Trinajstić information content (AvgIpc) is 2.42. The largest absolute Gasteiger partial charge is 0.341 e. The lowest BCUT2D eigenvalue weighted by Crippen LogP contribution is -2.36. The molecule has 1 unspecified atom stereocenters. The van der Waals surface area contributed by atoms with Crippen molar-refractivity contribution in [3.8, 4) is 0 Å². The highest BCUT2D eigenvalue weighted by molar-refractivity contribution is 5.76. The summed E-state index contributed by atoms with van der Waals surface area (Å²) in [6.45, 7) is 19.8. The van der Waals surface area contributed by atoms with E-state index in [1.807, 2.05) is 25.7 Å². The number of carbonyl (C=O) groups is 1. The molecular formula is C18H41NO. The SMILES string of the molecule is CC.CCC.CCC(C)CCCC(=O)N(CC)C(C)C. The van der Waals surface area contributed by atoms with Crippen LogP contribution in [-0.4, -0.2) is 23.4 Å². The third kappa shape index (κ3) is 15.5. The summed E-state index contributed by atoms with van der Waals surface area (Å²) in [6, 6.07) is 0.339. The monoisotopic (exact) mass is 287 g/mol. The second-order valence-corrected chi connectivity index (χ2v) is 5.39. The molecular weight excluding hydrogens is 246 g/mol. The number of nitrogens with zero attached hydrogens (tertiary/aromatic N) is 1. The summed E-state index contributed by atoms with van der Waals surface area (Å²) in [5, 5.41) is 0. The van der Waals surface area contributed by atoms with Crippen molar-refractivity contribution in [3.05, 3.63) is 0 Å². The van der Waals surface area contributed by atoms with Crippen LogP contribution in [-0.2, 0) is 4.79 Å². The van der Waals surface area contributed by atoms with Gasteiger partial charge in [0.2, 0.25) is 5.91 Å². The molecule has 0 saturated carbocycles. The molecule has 0 heterocycles. The van der Waals surface area contributed by atoms with Gasteiger partial charge >= 0.3 is 0 Å². The Labute approximate surface area is 129 Å². The van der Waals surface area contributed by atoms with Gasteiger partial charge in [-0.25, -0.2) is 0 Å². The lowest BCUT2D eigenvalue weighted by Gasteiger charge is -2.25. The second-order valence-electron chi connectivity index (χ2n) is 5.39. The minimum Gasteiger partial charge on any atom is -0.341 e. The van der Waals surface area contributed by atoms with Gasteiger partial charge in [-0.1, -0.05) is 60.8 Å². The topological polar surface area (TPSA) is 20.3 Å². The normalized spacial score (nSPS) is 10.9. The van der Waals surface area contributed by atoms with Crippen molar-refractivity contribution in [2.24, 2.45) is 5.92 Å². The van der Waals surface area contributed by atoms with Crippen LogP contribution in [0, 0.1) is 5.92 Å². The molecule has 0 aromatic carbocycles. The molecule has 0 aliphatic carbocycles. The fraction of sp³-hybridized carbons (Fsp3) is 0.944. The molecule has 20 heavy (non-hydrogen) atoms. The molecule has 2 heteroatoms. The van der Waals surface area contributed by atoms with Crippen LogP contribution in [0.15, 0.2) is 0 Å². The van der Waals surface area contributed by atoms with E-state index >= 15 is 0 Å². The van der Waals surface area contributed by atoms with Crippen molar-refractivity contribution in [1.29, 1.82) is 0 Å². The van der Waals surface area contributed by atoms with E-state index in [9.17, 15) is 4.79 Å². The molecule has 0 spiro atoms. The number of rotatable bonds is 7. The highest BCUT2D eigenvalue weighted by atomic mass is 16.2. The highest BCUT2D eigenvalue weighted by Gasteiger charge is 2.14. The van der Waals surface area contributed by atoms with E-state index in [-0.39, 0.29) is 0 Å². The lowest BCUT2D eigenvalue weighted by atomic mass is 10.0. The first-order valence-corrected chi connectivity index (χ1v) is 8.73. The fourth-order valence-corrected chi connectivity index (χ4v) is 1.78. The number of amides is 1. The summed E-state index contributed by atoms with van der Waals surface area (Å²) in [7, 11) is 0. The van der Waals surface area contributed by atoms with E-state index in [1.54, 1.807) is 0 Å². The summed E-state index contributed by atoms with van der Waals surface area (Å²) >= 11 is 0. The summed E-state index contributed by atoms with van der Waals surface area (Å²) in [4.78, 5) is 13.8. The number of carbonyl (C=O) groups excluding carboxylic acids is 1. The maximum absolute atomic E-state index is 11.8. The van der Waals surface area contributed by atoms with Crippen LogP contribution < -0.4 is 0 Å². The van der Waals surface area contributed by atoms with Gasteiger partial charge in [-0.2, -0.15) is 0 Å². The molecule has 0 aliphatic heterocycles. The van der Waals surface area contributed by atoms with Crippen molar-refractivity contribution in [2.45, 2.75) is 100 Å². The Morgan fingerprint density at radius 1 is 1.00 bits per heavy atom. The molecule has 0 aromatic rings. The van der Waals surface area contributed by atoms with Crippen LogP contribution in [0.25, 0.3) is 0 Å². The molecule has 0 aliphatic rings. The maximum atomic E-state index is 11.8. The highest BCUT2D eigenvalue weighted by Crippen LogP contribution is 2.12. The van der Waals surface area contributed by atoms with E-state index in [0.29, 0.717) is 11.9 Å². The Kier molecular flexibility index (Phi) is 22.6. The smallest absolute Gasteiger partial charge is 0.222 e. The minimum atomic E-state index is 0.316. The van der Waals surface area contributed by atoms with Gasteiger partial charge in [0.25, 0.3) is 0 Å². The summed E-state index contributed by atoms with van der Waals surface area (Å²) in [5.74, 6) is 1.07. The van der Waals surface area contributed by atoms with Gasteiger partial charge < -0.3 is 4.90 Å². The van der Waals surface area contributed by atoms with Gasteiger partial charge in [-0.3, -0.25) is 4.79 Å². The van der Waals surface area contributed by atoms with Gasteiger partial charge in [-0.15, -0.1) is 0 Å². The molecule has 2 nitrogen and oxygen atoms in total. The first-order chi connectivity index (χ1) is 9.44. The van der Waals surface area contributed by atoms with Crippen molar-refractivity contribution < 1.29 is 4.79 Å². The Morgan fingerprint density at radius 2 is 1.45 bits per heavy atom. The first kappa shape index (κ1) is 24.5. The molecule has 0 aromatic heterocycles. The lowest BCUT2D eigenvalue weighted by molar-refractivity contribution is -0.132. The Hall–Kier alpha value is -0.530. The van der Waals surface area contributed by atoms with Crippen LogP contribution in [0.3, 0.4) is 0 Å². The molecule has 0 bridgehead atoms. The van der Waals surface area contributed by atoms with E-state index < -0.39 is 0 Å². The minimum absolute atomic E-state index is 0.316. The van der Waals surface area contributed by atoms with Crippen molar-refractivity contribution in [2.75, 3.05) is 6.54 Å². The molecule has 0 N–H and O–H groups in total. The first-order valence-electron chi connectivity index (χ1n) is 8.73. The van der Waals surface area contributed by atoms with Gasteiger partial charge in [0.1, 0.15) is 0 Å². The quantitative estimate of drug-likeness (QED) is 0.570. The molecule has 0 rings (SSSR count). The van der Waals surface area contributed by atoms with Crippen LogP contribution in [0.5, 0.6) is 0 Å². The molecule has 0 saturated heterocycles. The van der Waals surface area contributed by atoms with Gasteiger partial charge in [0.05, 0.1) is 0 Å². The van der Waals surface area contributed by atoms with E-state index in [4.69, 9.17) is 0 Å². The third-order valence-corrected chi connectivity index (χ3v) is 3.07. The third-order valence-electron chi connectivity index (χ3n) is 3.07. The zero-order valence-corrected chi connectivity index (χ0v) is 15.8. The molecule has 1 atom stereocenters. The predicted octanol–water partition coefficient (Wildman–Crippen LogP) is 5.90. The summed E-state index contributed by atoms with van der Waals surface area (Å²) < 4.78 is 0. The predicted molar refractivity (Wildman–Crippen MR) is 93.1 cm³/mol. The van der Waals surface area contributed by atoms with Crippen LogP contribution in [0.1, 0.15) is 94.4 Å². The molecule has 0 fully saturated rings. The van der Waals surface area contributed by atoms with Crippen LogP contribution >= 0.6 is 0 Å². The van der Waals surface area contributed by atoms with Crippen molar-refractivity contribution in [1.82, 2.24) is 4.90 Å². The molecule has 124 valence electrons. The Balaban J connectivity index is -0.000000505.